The van der Waals surface area contributed by atoms with Gasteiger partial charge in [0.2, 0.25) is 0 Å². The lowest BCUT2D eigenvalue weighted by Gasteiger charge is -2.31. The van der Waals surface area contributed by atoms with E-state index in [1.165, 1.54) is 17.5 Å². The third kappa shape index (κ3) is 2.68. The molecule has 92 valence electrons. The monoisotopic (exact) mass is 231 g/mol. The number of rotatable bonds is 1. The summed E-state index contributed by atoms with van der Waals surface area (Å²) in [5.41, 5.74) is 3.27. The molecule has 1 aliphatic rings. The summed E-state index contributed by atoms with van der Waals surface area (Å²) in [6.45, 7) is 8.18. The Hall–Kier alpha value is -1.31. The lowest BCUT2D eigenvalue weighted by atomic mass is 9.99. The fourth-order valence-corrected chi connectivity index (χ4v) is 2.43. The zero-order valence-electron chi connectivity index (χ0n) is 11.0. The Morgan fingerprint density at radius 3 is 2.71 bits per heavy atom. The molecule has 1 amide bonds. The van der Waals surface area contributed by atoms with Crippen molar-refractivity contribution in [2.24, 2.45) is 5.92 Å². The number of hydrogen-bond donors (Lipinski definition) is 0. The zero-order chi connectivity index (χ0) is 12.4. The van der Waals surface area contributed by atoms with Gasteiger partial charge in [-0.05, 0) is 55.9 Å². The van der Waals surface area contributed by atoms with Gasteiger partial charge in [-0.1, -0.05) is 13.0 Å². The zero-order valence-corrected chi connectivity index (χ0v) is 11.0. The van der Waals surface area contributed by atoms with Gasteiger partial charge in [0.15, 0.2) is 0 Å². The highest BCUT2D eigenvalue weighted by molar-refractivity contribution is 5.94. The molecule has 1 saturated heterocycles. The molecule has 0 bridgehead atoms. The Kier molecular flexibility index (Phi) is 3.51. The number of aryl methyl sites for hydroxylation is 2. The molecule has 0 spiro atoms. The van der Waals surface area contributed by atoms with E-state index in [4.69, 9.17) is 0 Å². The molecule has 0 N–H and O–H groups in total. The van der Waals surface area contributed by atoms with Crippen LogP contribution in [0.3, 0.4) is 0 Å². The maximum absolute atomic E-state index is 12.3. The molecule has 0 aromatic heterocycles. The van der Waals surface area contributed by atoms with E-state index in [-0.39, 0.29) is 5.91 Å². The van der Waals surface area contributed by atoms with Crippen molar-refractivity contribution >= 4 is 5.91 Å². The number of hydrogen-bond acceptors (Lipinski definition) is 1. The Balaban J connectivity index is 2.15. The summed E-state index contributed by atoms with van der Waals surface area (Å²) in [4.78, 5) is 14.3. The first-order valence-corrected chi connectivity index (χ1v) is 6.44. The van der Waals surface area contributed by atoms with Crippen LogP contribution in [0.2, 0.25) is 0 Å². The number of carbonyl (C=O) groups is 1. The molecular formula is C15H21NO. The van der Waals surface area contributed by atoms with E-state index in [0.717, 1.165) is 25.1 Å². The van der Waals surface area contributed by atoms with Crippen LogP contribution < -0.4 is 0 Å². The van der Waals surface area contributed by atoms with Gasteiger partial charge in [0, 0.05) is 18.7 Å². The van der Waals surface area contributed by atoms with Gasteiger partial charge in [0.1, 0.15) is 0 Å². The fraction of sp³-hybridized carbons (Fsp3) is 0.533. The summed E-state index contributed by atoms with van der Waals surface area (Å²) in [5.74, 6) is 0.832. The normalized spacial score (nSPS) is 20.4. The SMILES string of the molecule is Cc1ccc(C(=O)N2CCCC(C)C2)cc1C. The Morgan fingerprint density at radius 2 is 2.06 bits per heavy atom. The van der Waals surface area contributed by atoms with Crippen LogP contribution in [0, 0.1) is 19.8 Å². The van der Waals surface area contributed by atoms with Crippen molar-refractivity contribution in [3.8, 4) is 0 Å². The molecule has 1 heterocycles. The van der Waals surface area contributed by atoms with Crippen molar-refractivity contribution in [1.82, 2.24) is 4.90 Å². The van der Waals surface area contributed by atoms with Crippen LogP contribution >= 0.6 is 0 Å². The summed E-state index contributed by atoms with van der Waals surface area (Å²) in [6.07, 6.45) is 2.38. The van der Waals surface area contributed by atoms with Gasteiger partial charge in [-0.25, -0.2) is 0 Å². The second kappa shape index (κ2) is 4.91. The standard InChI is InChI=1S/C15H21NO/c1-11-5-4-8-16(10-11)15(17)14-7-6-12(2)13(3)9-14/h6-7,9,11H,4-5,8,10H2,1-3H3. The highest BCUT2D eigenvalue weighted by Gasteiger charge is 2.21. The molecule has 2 rings (SSSR count). The van der Waals surface area contributed by atoms with Crippen LogP contribution in [0.25, 0.3) is 0 Å². The minimum atomic E-state index is 0.194. The molecule has 1 atom stereocenters. The van der Waals surface area contributed by atoms with Gasteiger partial charge in [-0.15, -0.1) is 0 Å². The van der Waals surface area contributed by atoms with Crippen LogP contribution in [0.1, 0.15) is 41.3 Å². The lowest BCUT2D eigenvalue weighted by Crippen LogP contribution is -2.39. The van der Waals surface area contributed by atoms with Crippen LogP contribution in [0.4, 0.5) is 0 Å². The summed E-state index contributed by atoms with van der Waals surface area (Å²) < 4.78 is 0. The van der Waals surface area contributed by atoms with Gasteiger partial charge < -0.3 is 4.90 Å². The summed E-state index contributed by atoms with van der Waals surface area (Å²) >= 11 is 0. The van der Waals surface area contributed by atoms with E-state index in [1.807, 2.05) is 23.1 Å². The van der Waals surface area contributed by atoms with Gasteiger partial charge >= 0.3 is 0 Å². The minimum absolute atomic E-state index is 0.194. The van der Waals surface area contributed by atoms with Gasteiger partial charge in [0.25, 0.3) is 5.91 Å². The van der Waals surface area contributed by atoms with E-state index in [2.05, 4.69) is 20.8 Å². The Morgan fingerprint density at radius 1 is 1.29 bits per heavy atom. The second-order valence-corrected chi connectivity index (χ2v) is 5.30. The van der Waals surface area contributed by atoms with Crippen molar-refractivity contribution in [1.29, 1.82) is 0 Å². The first kappa shape index (κ1) is 12.2. The topological polar surface area (TPSA) is 20.3 Å². The van der Waals surface area contributed by atoms with Crippen molar-refractivity contribution in [2.75, 3.05) is 13.1 Å². The second-order valence-electron chi connectivity index (χ2n) is 5.30. The third-order valence-corrected chi connectivity index (χ3v) is 3.70. The molecule has 1 aromatic carbocycles. The van der Waals surface area contributed by atoms with E-state index in [1.54, 1.807) is 0 Å². The van der Waals surface area contributed by atoms with E-state index in [9.17, 15) is 4.79 Å². The third-order valence-electron chi connectivity index (χ3n) is 3.70. The smallest absolute Gasteiger partial charge is 0.253 e. The predicted octanol–water partition coefficient (Wildman–Crippen LogP) is 3.18. The van der Waals surface area contributed by atoms with E-state index in [0.29, 0.717) is 5.92 Å². The number of benzene rings is 1. The van der Waals surface area contributed by atoms with Crippen molar-refractivity contribution in [2.45, 2.75) is 33.6 Å². The number of amides is 1. The van der Waals surface area contributed by atoms with Crippen molar-refractivity contribution < 1.29 is 4.79 Å². The molecule has 0 radical (unpaired) electrons. The Bertz CT molecular complexity index is 425. The minimum Gasteiger partial charge on any atom is -0.338 e. The van der Waals surface area contributed by atoms with Crippen LogP contribution in [0.15, 0.2) is 18.2 Å². The molecule has 2 heteroatoms. The average Bonchev–Trinajstić information content (AvgIpc) is 2.32. The summed E-state index contributed by atoms with van der Waals surface area (Å²) in [7, 11) is 0. The first-order chi connectivity index (χ1) is 8.08. The van der Waals surface area contributed by atoms with Gasteiger partial charge in [-0.3, -0.25) is 4.79 Å². The van der Waals surface area contributed by atoms with Gasteiger partial charge in [-0.2, -0.15) is 0 Å². The molecule has 1 fully saturated rings. The molecule has 1 aliphatic heterocycles. The van der Waals surface area contributed by atoms with Crippen LogP contribution in [-0.2, 0) is 0 Å². The lowest BCUT2D eigenvalue weighted by molar-refractivity contribution is 0.0683. The molecule has 1 aromatic rings. The van der Waals surface area contributed by atoms with E-state index >= 15 is 0 Å². The molecule has 0 aliphatic carbocycles. The first-order valence-electron chi connectivity index (χ1n) is 6.44. The maximum atomic E-state index is 12.3. The van der Waals surface area contributed by atoms with Crippen LogP contribution in [-0.4, -0.2) is 23.9 Å². The number of likely N-dealkylation sites (tertiary alicyclic amines) is 1. The predicted molar refractivity (Wildman–Crippen MR) is 70.2 cm³/mol. The number of nitrogens with zero attached hydrogens (tertiary/aromatic N) is 1. The highest BCUT2D eigenvalue weighted by atomic mass is 16.2. The van der Waals surface area contributed by atoms with Crippen molar-refractivity contribution in [3.05, 3.63) is 34.9 Å². The van der Waals surface area contributed by atoms with E-state index < -0.39 is 0 Å². The average molecular weight is 231 g/mol. The number of carbonyl (C=O) groups excluding carboxylic acids is 1. The highest BCUT2D eigenvalue weighted by Crippen LogP contribution is 2.19. The summed E-state index contributed by atoms with van der Waals surface area (Å²) in [6, 6.07) is 6.00. The molecule has 0 saturated carbocycles. The molecule has 1 unspecified atom stereocenters. The molecule has 2 nitrogen and oxygen atoms in total. The largest absolute Gasteiger partial charge is 0.338 e. The number of piperidine rings is 1. The maximum Gasteiger partial charge on any atom is 0.253 e. The van der Waals surface area contributed by atoms with Crippen molar-refractivity contribution in [3.63, 3.8) is 0 Å². The molecule has 17 heavy (non-hydrogen) atoms. The Labute approximate surface area is 104 Å². The summed E-state index contributed by atoms with van der Waals surface area (Å²) in [5, 5.41) is 0. The fourth-order valence-electron chi connectivity index (χ4n) is 2.43. The van der Waals surface area contributed by atoms with Gasteiger partial charge in [0.05, 0.1) is 0 Å². The van der Waals surface area contributed by atoms with Crippen LogP contribution in [0.5, 0.6) is 0 Å². The molecular weight excluding hydrogens is 210 g/mol. The quantitative estimate of drug-likeness (QED) is 0.727.